The number of sulfonamides is 1. The highest BCUT2D eigenvalue weighted by atomic mass is 35.5. The molecule has 0 aliphatic carbocycles. The summed E-state index contributed by atoms with van der Waals surface area (Å²) in [4.78, 5) is 0.294. The summed E-state index contributed by atoms with van der Waals surface area (Å²) in [6.45, 7) is 1.08. The van der Waals surface area contributed by atoms with Crippen LogP contribution >= 0.6 is 12.4 Å². The number of nitrogens with one attached hydrogen (secondary N) is 1. The minimum atomic E-state index is -3.46. The minimum Gasteiger partial charge on any atom is -0.497 e. The molecule has 2 aromatic carbocycles. The highest BCUT2D eigenvalue weighted by Gasteiger charge is 2.28. The van der Waals surface area contributed by atoms with Gasteiger partial charge in [-0.25, -0.2) is 8.42 Å². The number of hydrogen-bond acceptors (Lipinski definition) is 5. The predicted octanol–water partition coefficient (Wildman–Crippen LogP) is 3.28. The molecule has 6 nitrogen and oxygen atoms in total. The molecule has 1 heterocycles. The van der Waals surface area contributed by atoms with Crippen LogP contribution in [0.25, 0.3) is 0 Å². The Bertz CT molecular complexity index is 818. The summed E-state index contributed by atoms with van der Waals surface area (Å²) in [5.41, 5.74) is 0. The second-order valence-electron chi connectivity index (χ2n) is 6.22. The minimum absolute atomic E-state index is 0. The zero-order valence-corrected chi connectivity index (χ0v) is 17.1. The number of nitrogens with zero attached hydrogens (tertiary/aromatic N) is 1. The number of halogens is 1. The lowest BCUT2D eigenvalue weighted by Gasteiger charge is -2.31. The number of benzene rings is 2. The second-order valence-corrected chi connectivity index (χ2v) is 8.15. The molecule has 0 bridgehead atoms. The molecule has 1 saturated heterocycles. The summed E-state index contributed by atoms with van der Waals surface area (Å²) in [7, 11) is 0.0616. The van der Waals surface area contributed by atoms with Crippen LogP contribution in [0.15, 0.2) is 53.4 Å². The smallest absolute Gasteiger partial charge is 0.243 e. The molecule has 0 aromatic heterocycles. The first-order chi connectivity index (χ1) is 12.5. The van der Waals surface area contributed by atoms with Gasteiger partial charge in [-0.3, -0.25) is 0 Å². The van der Waals surface area contributed by atoms with Gasteiger partial charge >= 0.3 is 0 Å². The fourth-order valence-corrected chi connectivity index (χ4v) is 4.46. The van der Waals surface area contributed by atoms with E-state index in [9.17, 15) is 8.42 Å². The molecule has 1 N–H and O–H groups in total. The standard InChI is InChI=1S/C19H24N2O4S.ClH/c1-20-15-11-13-21(14-12-15)26(22,23)19-9-7-18(8-10-19)25-17-5-3-16(24-2)4-6-17;/h3-10,15,20H,11-14H2,1-2H3;1H. The van der Waals surface area contributed by atoms with Crippen LogP contribution in [0.3, 0.4) is 0 Å². The highest BCUT2D eigenvalue weighted by Crippen LogP contribution is 2.26. The van der Waals surface area contributed by atoms with Gasteiger partial charge in [-0.1, -0.05) is 0 Å². The van der Waals surface area contributed by atoms with E-state index in [-0.39, 0.29) is 12.4 Å². The number of ether oxygens (including phenoxy) is 2. The third-order valence-electron chi connectivity index (χ3n) is 4.62. The van der Waals surface area contributed by atoms with Crippen LogP contribution in [0.5, 0.6) is 17.2 Å². The maximum absolute atomic E-state index is 12.8. The van der Waals surface area contributed by atoms with E-state index in [4.69, 9.17) is 9.47 Å². The fourth-order valence-electron chi connectivity index (χ4n) is 2.99. The van der Waals surface area contributed by atoms with Crippen molar-refractivity contribution in [1.82, 2.24) is 9.62 Å². The van der Waals surface area contributed by atoms with Crippen LogP contribution in [0.4, 0.5) is 0 Å². The van der Waals surface area contributed by atoms with E-state index in [2.05, 4.69) is 5.32 Å². The van der Waals surface area contributed by atoms with Crippen LogP contribution in [-0.2, 0) is 10.0 Å². The Morgan fingerprint density at radius 2 is 1.41 bits per heavy atom. The SMILES string of the molecule is CNC1CCN(S(=O)(=O)c2ccc(Oc3ccc(OC)cc3)cc2)CC1.Cl. The van der Waals surface area contributed by atoms with E-state index in [1.165, 1.54) is 0 Å². The summed E-state index contributed by atoms with van der Waals surface area (Å²) < 4.78 is 38.0. The molecule has 0 atom stereocenters. The van der Waals surface area contributed by atoms with Gasteiger partial charge in [-0.05, 0) is 68.4 Å². The molecule has 0 unspecified atom stereocenters. The zero-order valence-electron chi connectivity index (χ0n) is 15.4. The number of hydrogen-bond donors (Lipinski definition) is 1. The molecule has 0 saturated carbocycles. The summed E-state index contributed by atoms with van der Waals surface area (Å²) in [5.74, 6) is 2.00. The third-order valence-corrected chi connectivity index (χ3v) is 6.53. The average Bonchev–Trinajstić information content (AvgIpc) is 2.69. The maximum Gasteiger partial charge on any atom is 0.243 e. The van der Waals surface area contributed by atoms with Crippen LogP contribution < -0.4 is 14.8 Å². The molecular weight excluding hydrogens is 388 g/mol. The number of rotatable bonds is 6. The normalized spacial score (nSPS) is 15.8. The number of methoxy groups -OCH3 is 1. The predicted molar refractivity (Wildman–Crippen MR) is 108 cm³/mol. The maximum atomic E-state index is 12.8. The molecule has 1 aliphatic rings. The topological polar surface area (TPSA) is 67.9 Å². The average molecular weight is 413 g/mol. The Labute approximate surface area is 166 Å². The van der Waals surface area contributed by atoms with Crippen molar-refractivity contribution in [1.29, 1.82) is 0 Å². The molecule has 1 fully saturated rings. The fraction of sp³-hybridized carbons (Fsp3) is 0.368. The Morgan fingerprint density at radius 3 is 1.89 bits per heavy atom. The summed E-state index contributed by atoms with van der Waals surface area (Å²) >= 11 is 0. The Hall–Kier alpha value is -1.80. The molecule has 8 heteroatoms. The Kier molecular flexibility index (Phi) is 7.49. The second kappa shape index (κ2) is 9.41. The molecule has 0 radical (unpaired) electrons. The van der Waals surface area contributed by atoms with E-state index in [1.54, 1.807) is 47.8 Å². The van der Waals surface area contributed by atoms with Crippen molar-refractivity contribution in [3.8, 4) is 17.2 Å². The molecule has 0 spiro atoms. The monoisotopic (exact) mass is 412 g/mol. The Balaban J connectivity index is 0.00000261. The molecule has 0 amide bonds. The number of piperidine rings is 1. The van der Waals surface area contributed by atoms with Gasteiger partial charge < -0.3 is 14.8 Å². The first kappa shape index (κ1) is 21.5. The van der Waals surface area contributed by atoms with Gasteiger partial charge in [0.15, 0.2) is 0 Å². The van der Waals surface area contributed by atoms with Crippen LogP contribution in [0.1, 0.15) is 12.8 Å². The first-order valence-corrected chi connectivity index (χ1v) is 10.1. The van der Waals surface area contributed by atoms with E-state index < -0.39 is 10.0 Å². The van der Waals surface area contributed by atoms with E-state index in [1.807, 2.05) is 19.2 Å². The van der Waals surface area contributed by atoms with Crippen LogP contribution in [-0.4, -0.2) is 46.0 Å². The van der Waals surface area contributed by atoms with Gasteiger partial charge in [0.2, 0.25) is 10.0 Å². The lowest BCUT2D eigenvalue weighted by Crippen LogP contribution is -2.43. The molecule has 148 valence electrons. The molecule has 2 aromatic rings. The van der Waals surface area contributed by atoms with Crippen molar-refractivity contribution in [3.63, 3.8) is 0 Å². The van der Waals surface area contributed by atoms with Gasteiger partial charge in [0.1, 0.15) is 17.2 Å². The van der Waals surface area contributed by atoms with E-state index in [0.717, 1.165) is 18.6 Å². The van der Waals surface area contributed by atoms with Crippen molar-refractivity contribution in [3.05, 3.63) is 48.5 Å². The Morgan fingerprint density at radius 1 is 0.926 bits per heavy atom. The van der Waals surface area contributed by atoms with Gasteiger partial charge in [-0.2, -0.15) is 4.31 Å². The molecule has 3 rings (SSSR count). The van der Waals surface area contributed by atoms with Crippen LogP contribution in [0.2, 0.25) is 0 Å². The van der Waals surface area contributed by atoms with Gasteiger partial charge in [0, 0.05) is 19.1 Å². The summed E-state index contributed by atoms with van der Waals surface area (Å²) in [6, 6.07) is 14.2. The zero-order chi connectivity index (χ0) is 18.6. The highest BCUT2D eigenvalue weighted by molar-refractivity contribution is 7.89. The lowest BCUT2D eigenvalue weighted by atomic mass is 10.1. The van der Waals surface area contributed by atoms with Crippen molar-refractivity contribution in [2.75, 3.05) is 27.2 Å². The van der Waals surface area contributed by atoms with Gasteiger partial charge in [0.05, 0.1) is 12.0 Å². The molecular formula is C19H25ClN2O4S. The first-order valence-electron chi connectivity index (χ1n) is 8.62. The summed E-state index contributed by atoms with van der Waals surface area (Å²) in [5, 5.41) is 3.21. The summed E-state index contributed by atoms with van der Waals surface area (Å²) in [6.07, 6.45) is 1.66. The third kappa shape index (κ3) is 5.13. The quantitative estimate of drug-likeness (QED) is 0.788. The largest absolute Gasteiger partial charge is 0.497 e. The van der Waals surface area contributed by atoms with E-state index in [0.29, 0.717) is 35.5 Å². The lowest BCUT2D eigenvalue weighted by molar-refractivity contribution is 0.298. The van der Waals surface area contributed by atoms with Crippen LogP contribution in [0, 0.1) is 0 Å². The van der Waals surface area contributed by atoms with Crippen molar-refractivity contribution in [2.45, 2.75) is 23.8 Å². The van der Waals surface area contributed by atoms with Crippen molar-refractivity contribution >= 4 is 22.4 Å². The van der Waals surface area contributed by atoms with Crippen molar-refractivity contribution < 1.29 is 17.9 Å². The van der Waals surface area contributed by atoms with Gasteiger partial charge in [-0.15, -0.1) is 12.4 Å². The van der Waals surface area contributed by atoms with Crippen molar-refractivity contribution in [2.24, 2.45) is 0 Å². The molecule has 27 heavy (non-hydrogen) atoms. The van der Waals surface area contributed by atoms with Gasteiger partial charge in [0.25, 0.3) is 0 Å². The molecule has 1 aliphatic heterocycles. The van der Waals surface area contributed by atoms with E-state index >= 15 is 0 Å².